The summed E-state index contributed by atoms with van der Waals surface area (Å²) in [4.78, 5) is 20.2. The van der Waals surface area contributed by atoms with E-state index in [-0.39, 0.29) is 5.92 Å². The Morgan fingerprint density at radius 2 is 1.15 bits per heavy atom. The Balaban J connectivity index is 1.04. The fourth-order valence-corrected chi connectivity index (χ4v) is 8.69. The Morgan fingerprint density at radius 1 is 0.475 bits per heavy atom. The highest BCUT2D eigenvalue weighted by atomic mass is 32.1. The Bertz CT molecular complexity index is 3130. The van der Waals surface area contributed by atoms with Gasteiger partial charge in [0.15, 0.2) is 5.82 Å². The highest BCUT2D eigenvalue weighted by Gasteiger charge is 2.18. The summed E-state index contributed by atoms with van der Waals surface area (Å²) >= 11 is 1.69. The van der Waals surface area contributed by atoms with E-state index in [0.717, 1.165) is 93.7 Å². The van der Waals surface area contributed by atoms with Crippen molar-refractivity contribution in [3.8, 4) is 72.4 Å². The van der Waals surface area contributed by atoms with Crippen molar-refractivity contribution >= 4 is 44.0 Å². The van der Waals surface area contributed by atoms with Gasteiger partial charge in [0.2, 0.25) is 0 Å². The third-order valence-electron chi connectivity index (χ3n) is 10.6. The van der Waals surface area contributed by atoms with Crippen LogP contribution in [0.2, 0.25) is 0 Å². The van der Waals surface area contributed by atoms with Crippen LogP contribution in [0.5, 0.6) is 0 Å². The van der Waals surface area contributed by atoms with Crippen LogP contribution in [0, 0.1) is 0 Å². The van der Waals surface area contributed by atoms with Gasteiger partial charge in [0.05, 0.1) is 32.6 Å². The number of imidazole rings is 1. The van der Waals surface area contributed by atoms with E-state index < -0.39 is 0 Å². The van der Waals surface area contributed by atoms with Crippen LogP contribution in [0.3, 0.4) is 0 Å². The van der Waals surface area contributed by atoms with Gasteiger partial charge in [0, 0.05) is 45.2 Å². The van der Waals surface area contributed by atoms with E-state index in [4.69, 9.17) is 31.4 Å². The molecule has 0 fully saturated rings. The SMILES string of the molecule is CC(C)c1nc2ccccc2n1-c1ccc(-c2cccc(-c3cc(N)ccc3-c3cc(-c4cccc(N)c4)nc(-c4ccc(-c5nc6ccccc6s5)cc4)n3)c2)cc1. The molecule has 59 heavy (non-hydrogen) atoms. The van der Waals surface area contributed by atoms with Gasteiger partial charge >= 0.3 is 0 Å². The van der Waals surface area contributed by atoms with Crippen LogP contribution in [0.1, 0.15) is 25.6 Å². The average molecular weight is 782 g/mol. The summed E-state index contributed by atoms with van der Waals surface area (Å²) in [6, 6.07) is 58.1. The average Bonchev–Trinajstić information content (AvgIpc) is 3.89. The summed E-state index contributed by atoms with van der Waals surface area (Å²) in [5.74, 6) is 1.93. The van der Waals surface area contributed by atoms with Gasteiger partial charge in [-0.05, 0) is 95.1 Å². The smallest absolute Gasteiger partial charge is 0.160 e. The number of anilines is 2. The maximum absolute atomic E-state index is 6.51. The van der Waals surface area contributed by atoms with Gasteiger partial charge in [0.25, 0.3) is 0 Å². The first-order chi connectivity index (χ1) is 28.8. The monoisotopic (exact) mass is 781 g/mol. The number of nitrogens with zero attached hydrogens (tertiary/aromatic N) is 5. The normalized spacial score (nSPS) is 11.5. The Labute approximate surface area is 346 Å². The van der Waals surface area contributed by atoms with Gasteiger partial charge < -0.3 is 11.5 Å². The highest BCUT2D eigenvalue weighted by Crippen LogP contribution is 2.38. The molecule has 0 spiro atoms. The number of hydrogen-bond acceptors (Lipinski definition) is 7. The molecular weight excluding hydrogens is 743 g/mol. The van der Waals surface area contributed by atoms with E-state index in [1.807, 2.05) is 66.7 Å². The number of nitrogens with two attached hydrogens (primary N) is 2. The van der Waals surface area contributed by atoms with Gasteiger partial charge in [-0.3, -0.25) is 4.57 Å². The Hall–Kier alpha value is -7.42. The van der Waals surface area contributed by atoms with E-state index in [0.29, 0.717) is 17.2 Å². The number of nitrogen functional groups attached to an aromatic ring is 2. The van der Waals surface area contributed by atoms with Crippen LogP contribution < -0.4 is 11.5 Å². The summed E-state index contributed by atoms with van der Waals surface area (Å²) in [6.07, 6.45) is 0. The van der Waals surface area contributed by atoms with Crippen LogP contribution in [0.15, 0.2) is 170 Å². The van der Waals surface area contributed by atoms with Gasteiger partial charge in [-0.15, -0.1) is 11.3 Å². The third kappa shape index (κ3) is 6.89. The lowest BCUT2D eigenvalue weighted by Gasteiger charge is -2.15. The zero-order valence-electron chi connectivity index (χ0n) is 32.5. The Morgan fingerprint density at radius 3 is 1.95 bits per heavy atom. The summed E-state index contributed by atoms with van der Waals surface area (Å²) in [5.41, 5.74) is 27.9. The first-order valence-electron chi connectivity index (χ1n) is 19.6. The molecule has 0 atom stereocenters. The van der Waals surface area contributed by atoms with Crippen LogP contribution in [0.4, 0.5) is 11.4 Å². The van der Waals surface area contributed by atoms with E-state index in [1.54, 1.807) is 11.3 Å². The molecule has 0 radical (unpaired) electrons. The van der Waals surface area contributed by atoms with Crippen LogP contribution in [-0.4, -0.2) is 24.5 Å². The second kappa shape index (κ2) is 14.8. The lowest BCUT2D eigenvalue weighted by atomic mass is 9.93. The van der Waals surface area contributed by atoms with Gasteiger partial charge in [-0.25, -0.2) is 19.9 Å². The Kier molecular flexibility index (Phi) is 9.03. The lowest BCUT2D eigenvalue weighted by molar-refractivity contribution is 0.760. The van der Waals surface area contributed by atoms with Crippen molar-refractivity contribution in [2.24, 2.45) is 0 Å². The molecule has 8 heteroatoms. The molecule has 284 valence electrons. The van der Waals surface area contributed by atoms with Crippen molar-refractivity contribution in [1.82, 2.24) is 24.5 Å². The topological polar surface area (TPSA) is 109 Å². The van der Waals surface area contributed by atoms with Crippen molar-refractivity contribution in [3.05, 3.63) is 176 Å². The molecule has 7 nitrogen and oxygen atoms in total. The molecule has 0 unspecified atom stereocenters. The van der Waals surface area contributed by atoms with E-state index in [2.05, 4.69) is 122 Å². The largest absolute Gasteiger partial charge is 0.399 e. The zero-order valence-corrected chi connectivity index (χ0v) is 33.4. The number of fused-ring (bicyclic) bond motifs is 2. The highest BCUT2D eigenvalue weighted by molar-refractivity contribution is 7.21. The van der Waals surface area contributed by atoms with E-state index in [9.17, 15) is 0 Å². The molecule has 4 N–H and O–H groups in total. The molecule has 0 aliphatic rings. The van der Waals surface area contributed by atoms with Crippen molar-refractivity contribution in [1.29, 1.82) is 0 Å². The summed E-state index contributed by atoms with van der Waals surface area (Å²) in [7, 11) is 0. The molecule has 7 aromatic carbocycles. The molecule has 3 heterocycles. The summed E-state index contributed by atoms with van der Waals surface area (Å²) in [6.45, 7) is 4.37. The molecule has 0 aliphatic carbocycles. The number of aromatic nitrogens is 5. The lowest BCUT2D eigenvalue weighted by Crippen LogP contribution is -2.03. The minimum absolute atomic E-state index is 0.273. The van der Waals surface area contributed by atoms with Crippen molar-refractivity contribution in [3.63, 3.8) is 0 Å². The summed E-state index contributed by atoms with van der Waals surface area (Å²) < 4.78 is 3.43. The number of hydrogen-bond donors (Lipinski definition) is 2. The molecule has 3 aromatic heterocycles. The predicted octanol–water partition coefficient (Wildman–Crippen LogP) is 12.7. The number of thiazole rings is 1. The second-order valence-electron chi connectivity index (χ2n) is 15.0. The molecule has 0 aliphatic heterocycles. The molecule has 0 saturated carbocycles. The fourth-order valence-electron chi connectivity index (χ4n) is 7.71. The maximum Gasteiger partial charge on any atom is 0.160 e. The number of para-hydroxylation sites is 3. The molecule has 0 saturated heterocycles. The minimum Gasteiger partial charge on any atom is -0.399 e. The third-order valence-corrected chi connectivity index (χ3v) is 11.7. The molecule has 0 amide bonds. The second-order valence-corrected chi connectivity index (χ2v) is 16.1. The maximum atomic E-state index is 6.51. The molecule has 10 aromatic rings. The van der Waals surface area contributed by atoms with Gasteiger partial charge in [0.1, 0.15) is 10.8 Å². The molecular formula is C51H39N7S. The minimum atomic E-state index is 0.273. The number of benzene rings is 7. The predicted molar refractivity (Wildman–Crippen MR) is 245 cm³/mol. The van der Waals surface area contributed by atoms with Crippen LogP contribution in [0.25, 0.3) is 93.7 Å². The van der Waals surface area contributed by atoms with Crippen LogP contribution in [-0.2, 0) is 0 Å². The molecule has 10 rings (SSSR count). The van der Waals surface area contributed by atoms with Gasteiger partial charge in [-0.2, -0.15) is 0 Å². The fraction of sp³-hybridized carbons (Fsp3) is 0.0588. The number of rotatable bonds is 8. The van der Waals surface area contributed by atoms with Crippen molar-refractivity contribution in [2.75, 3.05) is 11.5 Å². The first kappa shape index (κ1) is 36.0. The van der Waals surface area contributed by atoms with Gasteiger partial charge in [-0.1, -0.05) is 111 Å². The molecule has 0 bridgehead atoms. The quantitative estimate of drug-likeness (QED) is 0.149. The van der Waals surface area contributed by atoms with Crippen molar-refractivity contribution < 1.29 is 0 Å². The first-order valence-corrected chi connectivity index (χ1v) is 20.5. The van der Waals surface area contributed by atoms with Crippen molar-refractivity contribution in [2.45, 2.75) is 19.8 Å². The summed E-state index contributed by atoms with van der Waals surface area (Å²) in [5, 5.41) is 0.977. The van der Waals surface area contributed by atoms with E-state index in [1.165, 1.54) is 0 Å². The van der Waals surface area contributed by atoms with Crippen LogP contribution >= 0.6 is 11.3 Å². The standard InChI is InChI=1S/C51H39N7S/c1-31(2)50-56-43-13-3-5-15-47(43)58(50)40-24-21-32(22-25-40)35-9-7-10-36(27-35)42-29-39(53)23-26-41(42)46-30-45(37-11-8-12-38(52)28-37)54-49(55-46)33-17-19-34(20-18-33)51-57-44-14-4-6-16-48(44)59-51/h3-31H,52-53H2,1-2H3. The van der Waals surface area contributed by atoms with E-state index >= 15 is 0 Å². The zero-order chi connectivity index (χ0) is 40.0.